The Bertz CT molecular complexity index is 867. The van der Waals surface area contributed by atoms with Crippen molar-refractivity contribution in [1.82, 2.24) is 4.90 Å². The van der Waals surface area contributed by atoms with Gasteiger partial charge in [0, 0.05) is 7.11 Å². The summed E-state index contributed by atoms with van der Waals surface area (Å²) in [5.41, 5.74) is 1.25. The van der Waals surface area contributed by atoms with E-state index in [-0.39, 0.29) is 29.9 Å². The minimum Gasteiger partial charge on any atom is -0.450 e. The van der Waals surface area contributed by atoms with Gasteiger partial charge in [0.2, 0.25) is 0 Å². The van der Waals surface area contributed by atoms with Crippen LogP contribution < -0.4 is 0 Å². The van der Waals surface area contributed by atoms with E-state index < -0.39 is 30.1 Å². The molecule has 4 aliphatic rings. The summed E-state index contributed by atoms with van der Waals surface area (Å²) < 4.78 is 28.1. The Labute approximate surface area is 168 Å². The summed E-state index contributed by atoms with van der Waals surface area (Å²) in [5.74, 6) is -1.55. The van der Waals surface area contributed by atoms with Crippen LogP contribution in [0.15, 0.2) is 42.1 Å². The molecule has 1 aromatic carbocycles. The van der Waals surface area contributed by atoms with Gasteiger partial charge in [-0.1, -0.05) is 30.3 Å². The average molecular weight is 401 g/mol. The van der Waals surface area contributed by atoms with E-state index in [2.05, 4.69) is 0 Å². The van der Waals surface area contributed by atoms with E-state index in [0.29, 0.717) is 6.61 Å². The molecule has 0 N–H and O–H groups in total. The highest BCUT2D eigenvalue weighted by molar-refractivity contribution is 6.00. The van der Waals surface area contributed by atoms with Gasteiger partial charge in [0.25, 0.3) is 5.91 Å². The van der Waals surface area contributed by atoms with Gasteiger partial charge in [-0.25, -0.2) is 4.79 Å². The molecule has 154 valence electrons. The number of likely N-dealkylation sites (tertiary alicyclic amines) is 1. The van der Waals surface area contributed by atoms with Crippen LogP contribution in [0.1, 0.15) is 25.5 Å². The molecule has 5 rings (SSSR count). The van der Waals surface area contributed by atoms with Gasteiger partial charge in [0.15, 0.2) is 18.0 Å². The molecule has 0 aromatic heterocycles. The fourth-order valence-electron chi connectivity index (χ4n) is 4.30. The van der Waals surface area contributed by atoms with E-state index in [1.165, 1.54) is 12.0 Å². The van der Waals surface area contributed by atoms with Gasteiger partial charge >= 0.3 is 5.97 Å². The zero-order valence-corrected chi connectivity index (χ0v) is 16.4. The Kier molecular flexibility index (Phi) is 4.29. The van der Waals surface area contributed by atoms with E-state index in [0.717, 1.165) is 5.56 Å². The summed E-state index contributed by atoms with van der Waals surface area (Å²) in [6, 6.07) is 9.40. The van der Waals surface area contributed by atoms with Gasteiger partial charge in [-0.3, -0.25) is 9.69 Å². The van der Waals surface area contributed by atoms with Crippen LogP contribution in [0.2, 0.25) is 0 Å². The van der Waals surface area contributed by atoms with E-state index in [1.807, 2.05) is 30.3 Å². The maximum absolute atomic E-state index is 12.7. The molecular formula is C21H23NO7. The lowest BCUT2D eigenvalue weighted by Crippen LogP contribution is -2.67. The lowest BCUT2D eigenvalue weighted by atomic mass is 9.90. The van der Waals surface area contributed by atoms with Crippen molar-refractivity contribution in [3.8, 4) is 0 Å². The fraction of sp³-hybridized carbons (Fsp3) is 0.524. The third kappa shape index (κ3) is 3.07. The van der Waals surface area contributed by atoms with Crippen molar-refractivity contribution in [2.45, 2.75) is 56.2 Å². The molecule has 0 saturated carbocycles. The first-order chi connectivity index (χ1) is 13.9. The first-order valence-electron chi connectivity index (χ1n) is 9.70. The number of benzene rings is 1. The molecule has 0 spiro atoms. The molecule has 3 fully saturated rings. The number of hydrogen-bond donors (Lipinski definition) is 0. The third-order valence-electron chi connectivity index (χ3n) is 5.76. The number of rotatable bonds is 5. The maximum atomic E-state index is 12.7. The molecule has 4 heterocycles. The van der Waals surface area contributed by atoms with Crippen molar-refractivity contribution < 1.29 is 33.3 Å². The Hall–Kier alpha value is -2.26. The Morgan fingerprint density at radius 2 is 1.93 bits per heavy atom. The molecular weight excluding hydrogens is 378 g/mol. The summed E-state index contributed by atoms with van der Waals surface area (Å²) in [4.78, 5) is 26.7. The predicted molar refractivity (Wildman–Crippen MR) is 98.4 cm³/mol. The van der Waals surface area contributed by atoms with Crippen LogP contribution in [-0.2, 0) is 33.3 Å². The second-order valence-electron chi connectivity index (χ2n) is 8.08. The van der Waals surface area contributed by atoms with Crippen molar-refractivity contribution >= 4 is 11.9 Å². The molecule has 8 nitrogen and oxygen atoms in total. The topological polar surface area (TPSA) is 86.8 Å². The number of hydrogen-bond acceptors (Lipinski definition) is 7. The van der Waals surface area contributed by atoms with E-state index >= 15 is 0 Å². The van der Waals surface area contributed by atoms with Crippen molar-refractivity contribution in [3.63, 3.8) is 0 Å². The number of amides is 1. The first kappa shape index (κ1) is 18.7. The van der Waals surface area contributed by atoms with Gasteiger partial charge in [0.1, 0.15) is 30.1 Å². The normalized spacial score (nSPS) is 37.9. The van der Waals surface area contributed by atoms with Gasteiger partial charge < -0.3 is 23.7 Å². The number of ether oxygens (including phenoxy) is 5. The molecule has 3 saturated heterocycles. The second-order valence-corrected chi connectivity index (χ2v) is 8.08. The molecule has 29 heavy (non-hydrogen) atoms. The molecule has 0 radical (unpaired) electrons. The van der Waals surface area contributed by atoms with Crippen LogP contribution in [0.3, 0.4) is 0 Å². The number of cyclic esters (lactones) is 1. The number of β-lactam (4-membered cyclic amide) rings is 1. The van der Waals surface area contributed by atoms with Gasteiger partial charge in [-0.2, -0.15) is 0 Å². The minimum atomic E-state index is -0.727. The van der Waals surface area contributed by atoms with Crippen LogP contribution >= 0.6 is 0 Å². The SMILES string of the molecule is CO[C@@H]1C(=O)N(C2=C[C@@H]([C@@H]3COC(C)(C)O3)OC2=O)[C@@H]1[C@@H]1O[C@H]1c1ccccc1. The fourth-order valence-corrected chi connectivity index (χ4v) is 4.30. The molecule has 8 heteroatoms. The Morgan fingerprint density at radius 3 is 2.59 bits per heavy atom. The average Bonchev–Trinajstić information content (AvgIpc) is 3.26. The maximum Gasteiger partial charge on any atom is 0.355 e. The number of nitrogens with zero attached hydrogens (tertiary/aromatic N) is 1. The van der Waals surface area contributed by atoms with Crippen LogP contribution in [0.4, 0.5) is 0 Å². The Morgan fingerprint density at radius 1 is 1.17 bits per heavy atom. The van der Waals surface area contributed by atoms with Crippen LogP contribution in [0.5, 0.6) is 0 Å². The highest BCUT2D eigenvalue weighted by atomic mass is 16.8. The number of carbonyl (C=O) groups is 2. The second kappa shape index (κ2) is 6.63. The minimum absolute atomic E-state index is 0.129. The lowest BCUT2D eigenvalue weighted by molar-refractivity contribution is -0.172. The molecule has 1 amide bonds. The van der Waals surface area contributed by atoms with Crippen LogP contribution in [-0.4, -0.2) is 66.7 Å². The summed E-state index contributed by atoms with van der Waals surface area (Å²) in [5, 5.41) is 0. The molecule has 0 unspecified atom stereocenters. The molecule has 0 aliphatic carbocycles. The van der Waals surface area contributed by atoms with Crippen LogP contribution in [0, 0.1) is 0 Å². The molecule has 1 aromatic rings. The first-order valence-corrected chi connectivity index (χ1v) is 9.70. The van der Waals surface area contributed by atoms with E-state index in [4.69, 9.17) is 23.7 Å². The zero-order chi connectivity index (χ0) is 20.3. The largest absolute Gasteiger partial charge is 0.450 e. The molecule has 0 bridgehead atoms. The summed E-state index contributed by atoms with van der Waals surface area (Å²) in [6.45, 7) is 3.93. The van der Waals surface area contributed by atoms with Crippen LogP contribution in [0.25, 0.3) is 0 Å². The number of esters is 1. The number of carbonyl (C=O) groups excluding carboxylic acids is 2. The predicted octanol–water partition coefficient (Wildman–Crippen LogP) is 1.31. The zero-order valence-electron chi connectivity index (χ0n) is 16.4. The van der Waals surface area contributed by atoms with Crippen molar-refractivity contribution in [2.75, 3.05) is 13.7 Å². The van der Waals surface area contributed by atoms with Crippen molar-refractivity contribution in [1.29, 1.82) is 0 Å². The van der Waals surface area contributed by atoms with E-state index in [1.54, 1.807) is 19.9 Å². The standard InChI is InChI=1S/C21H23NO7/c1-21(2)26-10-14(29-21)13-9-12(20(24)27-13)22-15(18(25-3)19(22)23)17-16(28-17)11-7-5-4-6-8-11/h4-9,13-18H,10H2,1-3H3/t13-,14-,15+,16-,17-,18-/m0/s1. The molecule has 4 aliphatic heterocycles. The quantitative estimate of drug-likeness (QED) is 0.418. The summed E-state index contributed by atoms with van der Waals surface area (Å²) in [7, 11) is 1.49. The van der Waals surface area contributed by atoms with Gasteiger partial charge in [0.05, 0.1) is 6.61 Å². The molecule has 6 atom stereocenters. The monoisotopic (exact) mass is 401 g/mol. The smallest absolute Gasteiger partial charge is 0.355 e. The Balaban J connectivity index is 1.36. The highest BCUT2D eigenvalue weighted by Gasteiger charge is 2.63. The number of epoxide rings is 1. The highest BCUT2D eigenvalue weighted by Crippen LogP contribution is 2.48. The van der Waals surface area contributed by atoms with Crippen molar-refractivity contribution in [3.05, 3.63) is 47.7 Å². The summed E-state index contributed by atoms with van der Waals surface area (Å²) >= 11 is 0. The summed E-state index contributed by atoms with van der Waals surface area (Å²) in [6.07, 6.45) is -0.373. The van der Waals surface area contributed by atoms with Gasteiger partial charge in [-0.15, -0.1) is 0 Å². The van der Waals surface area contributed by atoms with E-state index in [9.17, 15) is 9.59 Å². The van der Waals surface area contributed by atoms with Gasteiger partial charge in [-0.05, 0) is 25.5 Å². The number of methoxy groups -OCH3 is 1. The third-order valence-corrected chi connectivity index (χ3v) is 5.76. The lowest BCUT2D eigenvalue weighted by Gasteiger charge is -2.45. The van der Waals surface area contributed by atoms with Crippen molar-refractivity contribution in [2.24, 2.45) is 0 Å².